The number of carbonyl (C=O) groups is 1. The molecule has 6 nitrogen and oxygen atoms in total. The number of nitrogens with one attached hydrogen (secondary N) is 2. The molecule has 2 atom stereocenters. The van der Waals surface area contributed by atoms with Gasteiger partial charge in [0.15, 0.2) is 0 Å². The summed E-state index contributed by atoms with van der Waals surface area (Å²) in [6.45, 7) is 5.23. The molecule has 0 bridgehead atoms. The third-order valence-corrected chi connectivity index (χ3v) is 4.43. The number of hydrogen-bond donors (Lipinski definition) is 2. The van der Waals surface area contributed by atoms with Crippen molar-refractivity contribution >= 4 is 30.7 Å². The van der Waals surface area contributed by atoms with Gasteiger partial charge >= 0.3 is 0 Å². The summed E-state index contributed by atoms with van der Waals surface area (Å²) in [6, 6.07) is 6.47. The molecule has 1 aromatic carbocycles. The van der Waals surface area contributed by atoms with Crippen LogP contribution in [0.4, 0.5) is 4.39 Å². The van der Waals surface area contributed by atoms with Crippen LogP contribution in [0, 0.1) is 5.82 Å². The average Bonchev–Trinajstić information content (AvgIpc) is 2.65. The second kappa shape index (κ2) is 11.7. The number of rotatable bonds is 5. The molecule has 2 unspecified atom stereocenters. The average molecular weight is 410 g/mol. The fraction of sp³-hybridized carbons (Fsp3) is 0.588. The van der Waals surface area contributed by atoms with Gasteiger partial charge < -0.3 is 20.1 Å². The lowest BCUT2D eigenvalue weighted by molar-refractivity contribution is -0.134. The first kappa shape index (κ1) is 23.1. The highest BCUT2D eigenvalue weighted by Gasteiger charge is 2.26. The van der Waals surface area contributed by atoms with E-state index in [1.165, 1.54) is 12.1 Å². The summed E-state index contributed by atoms with van der Waals surface area (Å²) in [6.07, 6.45) is -0.447. The molecule has 2 saturated heterocycles. The van der Waals surface area contributed by atoms with Crippen LogP contribution in [-0.2, 0) is 14.3 Å². The minimum Gasteiger partial charge on any atom is -0.379 e. The minimum absolute atomic E-state index is 0. The van der Waals surface area contributed by atoms with Crippen LogP contribution in [0.15, 0.2) is 24.3 Å². The summed E-state index contributed by atoms with van der Waals surface area (Å²) in [4.78, 5) is 14.6. The zero-order valence-electron chi connectivity index (χ0n) is 14.5. The molecule has 2 aliphatic heterocycles. The summed E-state index contributed by atoms with van der Waals surface area (Å²) < 4.78 is 24.1. The molecule has 148 valence electrons. The second-order valence-electron chi connectivity index (χ2n) is 6.02. The van der Waals surface area contributed by atoms with E-state index in [0.29, 0.717) is 32.9 Å². The lowest BCUT2D eigenvalue weighted by Crippen LogP contribution is -2.50. The Balaban J connectivity index is 0.00000169. The Labute approximate surface area is 165 Å². The summed E-state index contributed by atoms with van der Waals surface area (Å²) in [5, 5.41) is 6.13. The van der Waals surface area contributed by atoms with Crippen LogP contribution < -0.4 is 10.6 Å². The zero-order chi connectivity index (χ0) is 16.8. The largest absolute Gasteiger partial charge is 0.379 e. The molecule has 2 aliphatic rings. The molecule has 0 radical (unpaired) electrons. The number of hydrogen-bond acceptors (Lipinski definition) is 5. The third-order valence-electron chi connectivity index (χ3n) is 4.43. The highest BCUT2D eigenvalue weighted by molar-refractivity contribution is 5.85. The van der Waals surface area contributed by atoms with Crippen molar-refractivity contribution in [1.29, 1.82) is 0 Å². The standard InChI is InChI=1S/C17H24FN3O3.2ClH/c18-14-3-1-13(2-4-14)15(21-6-9-23-10-7-21)11-20-17(22)16-12-19-5-8-24-16;;/h1-4,15-16,19H,5-12H2,(H,20,22);2*1H. The van der Waals surface area contributed by atoms with Gasteiger partial charge in [0, 0.05) is 32.7 Å². The van der Waals surface area contributed by atoms with Crippen LogP contribution in [0.3, 0.4) is 0 Å². The Morgan fingerprint density at radius 1 is 1.23 bits per heavy atom. The van der Waals surface area contributed by atoms with Crippen LogP contribution in [0.25, 0.3) is 0 Å². The molecule has 3 rings (SSSR count). The number of benzene rings is 1. The van der Waals surface area contributed by atoms with Crippen molar-refractivity contribution in [1.82, 2.24) is 15.5 Å². The van der Waals surface area contributed by atoms with Gasteiger partial charge in [-0.3, -0.25) is 9.69 Å². The van der Waals surface area contributed by atoms with E-state index in [-0.39, 0.29) is 42.6 Å². The number of nitrogens with zero attached hydrogens (tertiary/aromatic N) is 1. The van der Waals surface area contributed by atoms with Crippen molar-refractivity contribution in [3.05, 3.63) is 35.6 Å². The quantitative estimate of drug-likeness (QED) is 0.763. The van der Waals surface area contributed by atoms with Crippen molar-refractivity contribution in [2.24, 2.45) is 0 Å². The lowest BCUT2D eigenvalue weighted by Gasteiger charge is -2.35. The van der Waals surface area contributed by atoms with Crippen molar-refractivity contribution in [2.75, 3.05) is 52.5 Å². The molecule has 9 heteroatoms. The number of carbonyl (C=O) groups excluding carboxylic acids is 1. The van der Waals surface area contributed by atoms with E-state index in [4.69, 9.17) is 9.47 Å². The highest BCUT2D eigenvalue weighted by Crippen LogP contribution is 2.21. The van der Waals surface area contributed by atoms with Gasteiger partial charge in [-0.2, -0.15) is 0 Å². The summed E-state index contributed by atoms with van der Waals surface area (Å²) >= 11 is 0. The van der Waals surface area contributed by atoms with Crippen molar-refractivity contribution in [2.45, 2.75) is 12.1 Å². The fourth-order valence-corrected chi connectivity index (χ4v) is 3.08. The molecule has 2 fully saturated rings. The van der Waals surface area contributed by atoms with Crippen molar-refractivity contribution < 1.29 is 18.7 Å². The van der Waals surface area contributed by atoms with Gasteiger partial charge in [-0.15, -0.1) is 24.8 Å². The predicted octanol–water partition coefficient (Wildman–Crippen LogP) is 1.15. The molecule has 0 saturated carbocycles. The molecule has 1 aromatic rings. The van der Waals surface area contributed by atoms with Crippen LogP contribution >= 0.6 is 24.8 Å². The lowest BCUT2D eigenvalue weighted by atomic mass is 10.0. The molecule has 26 heavy (non-hydrogen) atoms. The summed E-state index contributed by atoms with van der Waals surface area (Å²) in [5.41, 5.74) is 0.987. The maximum Gasteiger partial charge on any atom is 0.250 e. The number of halogens is 3. The van der Waals surface area contributed by atoms with Gasteiger partial charge in [-0.05, 0) is 17.7 Å². The van der Waals surface area contributed by atoms with Crippen molar-refractivity contribution in [3.63, 3.8) is 0 Å². The van der Waals surface area contributed by atoms with Crippen molar-refractivity contribution in [3.8, 4) is 0 Å². The zero-order valence-corrected chi connectivity index (χ0v) is 16.1. The fourth-order valence-electron chi connectivity index (χ4n) is 3.08. The first-order valence-corrected chi connectivity index (χ1v) is 8.41. The monoisotopic (exact) mass is 409 g/mol. The molecule has 0 aliphatic carbocycles. The van der Waals surface area contributed by atoms with Crippen LogP contribution in [0.2, 0.25) is 0 Å². The maximum absolute atomic E-state index is 13.2. The molecule has 2 N–H and O–H groups in total. The number of amides is 1. The topological polar surface area (TPSA) is 62.8 Å². The predicted molar refractivity (Wildman–Crippen MR) is 102 cm³/mol. The number of morpholine rings is 2. The highest BCUT2D eigenvalue weighted by atomic mass is 35.5. The molecular weight excluding hydrogens is 384 g/mol. The SMILES string of the molecule is Cl.Cl.O=C(NCC(c1ccc(F)cc1)N1CCOCC1)C1CNCCO1. The van der Waals surface area contributed by atoms with E-state index < -0.39 is 6.10 Å². The van der Waals surface area contributed by atoms with E-state index in [0.717, 1.165) is 25.2 Å². The maximum atomic E-state index is 13.2. The van der Waals surface area contributed by atoms with Gasteiger partial charge in [0.2, 0.25) is 0 Å². The molecule has 0 aromatic heterocycles. The Kier molecular flexibility index (Phi) is 10.4. The van der Waals surface area contributed by atoms with Gasteiger partial charge in [0.1, 0.15) is 11.9 Å². The Hall–Kier alpha value is -0.960. The van der Waals surface area contributed by atoms with Gasteiger partial charge in [0.05, 0.1) is 25.9 Å². The summed E-state index contributed by atoms with van der Waals surface area (Å²) in [5.74, 6) is -0.368. The molecular formula is C17H26Cl2FN3O3. The Bertz CT molecular complexity index is 539. The first-order chi connectivity index (χ1) is 11.7. The van der Waals surface area contributed by atoms with Crippen LogP contribution in [0.5, 0.6) is 0 Å². The van der Waals surface area contributed by atoms with Crippen LogP contribution in [-0.4, -0.2) is 69.5 Å². The van der Waals surface area contributed by atoms with E-state index in [2.05, 4.69) is 15.5 Å². The van der Waals surface area contributed by atoms with Crippen LogP contribution in [0.1, 0.15) is 11.6 Å². The normalized spacial score (nSPS) is 21.8. The minimum atomic E-state index is -0.447. The van der Waals surface area contributed by atoms with E-state index >= 15 is 0 Å². The molecule has 1 amide bonds. The van der Waals surface area contributed by atoms with Gasteiger partial charge in [-0.1, -0.05) is 12.1 Å². The third kappa shape index (κ3) is 6.33. The summed E-state index contributed by atoms with van der Waals surface area (Å²) in [7, 11) is 0. The molecule has 2 heterocycles. The van der Waals surface area contributed by atoms with Gasteiger partial charge in [-0.25, -0.2) is 4.39 Å². The first-order valence-electron chi connectivity index (χ1n) is 8.41. The van der Waals surface area contributed by atoms with Gasteiger partial charge in [0.25, 0.3) is 5.91 Å². The van der Waals surface area contributed by atoms with E-state index in [9.17, 15) is 9.18 Å². The second-order valence-corrected chi connectivity index (χ2v) is 6.02. The van der Waals surface area contributed by atoms with E-state index in [1.54, 1.807) is 12.1 Å². The Morgan fingerprint density at radius 3 is 2.54 bits per heavy atom. The van der Waals surface area contributed by atoms with E-state index in [1.807, 2.05) is 0 Å². The molecule has 0 spiro atoms. The number of ether oxygens (including phenoxy) is 2. The Morgan fingerprint density at radius 2 is 1.92 bits per heavy atom. The smallest absolute Gasteiger partial charge is 0.250 e.